The van der Waals surface area contributed by atoms with Crippen molar-refractivity contribution in [3.8, 4) is 0 Å². The van der Waals surface area contributed by atoms with Crippen LogP contribution in [0, 0.1) is 40.4 Å². The molecule has 0 saturated heterocycles. The predicted molar refractivity (Wildman–Crippen MR) is 94.6 cm³/mol. The Hall–Kier alpha value is -0.570. The molecule has 0 radical (unpaired) electrons. The number of aliphatic carboxylic acids is 1. The highest BCUT2D eigenvalue weighted by molar-refractivity contribution is 5.75. The molecule has 3 nitrogen and oxygen atoms in total. The van der Waals surface area contributed by atoms with Gasteiger partial charge < -0.3 is 11.3 Å². The van der Waals surface area contributed by atoms with Gasteiger partial charge in [0.1, 0.15) is 0 Å². The highest BCUT2D eigenvalue weighted by Crippen LogP contribution is 2.64. The molecule has 0 amide bonds. The van der Waals surface area contributed by atoms with Gasteiger partial charge in [-0.2, -0.15) is 0 Å². The molecule has 3 unspecified atom stereocenters. The van der Waals surface area contributed by atoms with Crippen LogP contribution in [0.1, 0.15) is 79.1 Å². The van der Waals surface area contributed by atoms with E-state index < -0.39 is 11.4 Å². The van der Waals surface area contributed by atoms with E-state index >= 15 is 0 Å². The summed E-state index contributed by atoms with van der Waals surface area (Å²) in [6, 6.07) is 0. The largest absolute Gasteiger partial charge is 0.481 e. The van der Waals surface area contributed by atoms with Gasteiger partial charge in [-0.25, -0.2) is 0 Å². The molecule has 0 aromatic heterocycles. The van der Waals surface area contributed by atoms with Gasteiger partial charge in [0.05, 0.1) is 5.41 Å². The number of carboxylic acids is 1. The van der Waals surface area contributed by atoms with E-state index in [0.29, 0.717) is 5.92 Å². The molecule has 0 spiro atoms. The van der Waals surface area contributed by atoms with Crippen molar-refractivity contribution < 1.29 is 9.90 Å². The smallest absolute Gasteiger partial charge is 0.309 e. The number of hydrogen-bond acceptors (Lipinski definition) is 2. The molecule has 4 N–H and O–H groups in total. The second kappa shape index (κ2) is 6.38. The second-order valence-corrected chi connectivity index (χ2v) is 9.40. The summed E-state index contributed by atoms with van der Waals surface area (Å²) in [5.74, 6) is 3.19. The van der Waals surface area contributed by atoms with E-state index in [1.807, 2.05) is 6.92 Å². The Morgan fingerprint density at radius 2 is 1.78 bits per heavy atom. The Balaban J connectivity index is 0.00000192. The second-order valence-electron chi connectivity index (χ2n) is 9.40. The molecule has 3 fully saturated rings. The number of carboxylic acid groups (broad SMARTS) is 1. The van der Waals surface area contributed by atoms with Gasteiger partial charge in [-0.15, -0.1) is 0 Å². The van der Waals surface area contributed by atoms with Crippen molar-refractivity contribution in [2.75, 3.05) is 0 Å². The zero-order valence-corrected chi connectivity index (χ0v) is 15.6. The molecule has 3 aliphatic carbocycles. The van der Waals surface area contributed by atoms with Gasteiger partial charge >= 0.3 is 5.97 Å². The van der Waals surface area contributed by atoms with Gasteiger partial charge in [0, 0.05) is 0 Å². The van der Waals surface area contributed by atoms with E-state index in [0.717, 1.165) is 42.9 Å². The predicted octanol–water partition coefficient (Wildman–Crippen LogP) is 5.53. The fourth-order valence-electron chi connectivity index (χ4n) is 6.73. The van der Waals surface area contributed by atoms with Crippen molar-refractivity contribution in [1.29, 1.82) is 0 Å². The van der Waals surface area contributed by atoms with Crippen LogP contribution in [0.2, 0.25) is 0 Å². The molecule has 0 bridgehead atoms. The number of carbonyl (C=O) groups is 1. The third-order valence-corrected chi connectivity index (χ3v) is 8.10. The standard InChI is InChI=1S/C20H34O2.H3N/c1-13(2)14-6-8-16-15(12-14)7-9-17-19(16,3)10-5-11-20(17,4)18(21)22;/h13-17H,5-12H2,1-4H3,(H,21,22);1H3/t14?,15?,16-,17?,19+,20+;/m0./s1. The first kappa shape index (κ1) is 18.8. The van der Waals surface area contributed by atoms with Crippen LogP contribution in [0.25, 0.3) is 0 Å². The molecule has 0 heterocycles. The summed E-state index contributed by atoms with van der Waals surface area (Å²) >= 11 is 0. The van der Waals surface area contributed by atoms with Crippen LogP contribution in [0.3, 0.4) is 0 Å². The summed E-state index contributed by atoms with van der Waals surface area (Å²) in [5.41, 5.74) is -0.205. The van der Waals surface area contributed by atoms with Crippen LogP contribution < -0.4 is 6.15 Å². The molecular weight excluding hydrogens is 286 g/mol. The number of fused-ring (bicyclic) bond motifs is 3. The van der Waals surface area contributed by atoms with E-state index in [9.17, 15) is 9.90 Å². The van der Waals surface area contributed by atoms with Gasteiger partial charge in [0.2, 0.25) is 0 Å². The molecule has 0 aromatic carbocycles. The van der Waals surface area contributed by atoms with E-state index in [2.05, 4.69) is 20.8 Å². The lowest BCUT2D eigenvalue weighted by Crippen LogP contribution is -2.56. The van der Waals surface area contributed by atoms with Crippen molar-refractivity contribution in [3.63, 3.8) is 0 Å². The minimum Gasteiger partial charge on any atom is -0.481 e. The topological polar surface area (TPSA) is 72.3 Å². The normalized spacial score (nSPS) is 46.5. The van der Waals surface area contributed by atoms with E-state index in [4.69, 9.17) is 0 Å². The molecular formula is C20H37NO2. The van der Waals surface area contributed by atoms with Crippen molar-refractivity contribution in [2.24, 2.45) is 40.4 Å². The minimum atomic E-state index is -0.544. The first-order valence-electron chi connectivity index (χ1n) is 9.52. The highest BCUT2D eigenvalue weighted by atomic mass is 16.4. The molecule has 6 atom stereocenters. The van der Waals surface area contributed by atoms with Crippen LogP contribution in [-0.4, -0.2) is 11.1 Å². The quantitative estimate of drug-likeness (QED) is 0.702. The maximum Gasteiger partial charge on any atom is 0.309 e. The number of rotatable bonds is 2. The maximum absolute atomic E-state index is 12.0. The zero-order valence-electron chi connectivity index (χ0n) is 15.6. The van der Waals surface area contributed by atoms with Crippen LogP contribution in [0.4, 0.5) is 0 Å². The van der Waals surface area contributed by atoms with Crippen molar-refractivity contribution in [3.05, 3.63) is 0 Å². The Labute approximate surface area is 142 Å². The molecule has 0 aliphatic heterocycles. The lowest BCUT2D eigenvalue weighted by atomic mass is 9.43. The Bertz CT molecular complexity index is 449. The lowest BCUT2D eigenvalue weighted by molar-refractivity contribution is -0.173. The SMILES string of the molecule is CC(C)C1CC[C@H]2C(CCC3[C@](C)(C(=O)O)CCC[C@@]32C)C1.N. The fraction of sp³-hybridized carbons (Fsp3) is 0.950. The highest BCUT2D eigenvalue weighted by Gasteiger charge is 2.59. The minimum absolute atomic E-state index is 0. The van der Waals surface area contributed by atoms with Crippen molar-refractivity contribution in [2.45, 2.75) is 79.1 Å². The van der Waals surface area contributed by atoms with Gasteiger partial charge in [-0.3, -0.25) is 4.79 Å². The van der Waals surface area contributed by atoms with E-state index in [-0.39, 0.29) is 11.6 Å². The average molecular weight is 324 g/mol. The van der Waals surface area contributed by atoms with Gasteiger partial charge in [-0.1, -0.05) is 27.2 Å². The van der Waals surface area contributed by atoms with Crippen LogP contribution in [0.5, 0.6) is 0 Å². The summed E-state index contributed by atoms with van der Waals surface area (Å²) < 4.78 is 0. The summed E-state index contributed by atoms with van der Waals surface area (Å²) in [6.45, 7) is 9.24. The molecule has 3 rings (SSSR count). The monoisotopic (exact) mass is 323 g/mol. The fourth-order valence-corrected chi connectivity index (χ4v) is 6.73. The Morgan fingerprint density at radius 1 is 1.09 bits per heavy atom. The first-order chi connectivity index (χ1) is 10.3. The summed E-state index contributed by atoms with van der Waals surface area (Å²) in [5, 5.41) is 9.86. The molecule has 3 saturated carbocycles. The molecule has 23 heavy (non-hydrogen) atoms. The average Bonchev–Trinajstić information content (AvgIpc) is 2.46. The zero-order chi connectivity index (χ0) is 16.1. The maximum atomic E-state index is 12.0. The van der Waals surface area contributed by atoms with E-state index in [1.165, 1.54) is 32.1 Å². The van der Waals surface area contributed by atoms with Gasteiger partial charge in [0.25, 0.3) is 0 Å². The van der Waals surface area contributed by atoms with Crippen LogP contribution >= 0.6 is 0 Å². The Morgan fingerprint density at radius 3 is 2.39 bits per heavy atom. The molecule has 134 valence electrons. The van der Waals surface area contributed by atoms with Gasteiger partial charge in [-0.05, 0) is 86.9 Å². The summed E-state index contributed by atoms with van der Waals surface area (Å²) in [7, 11) is 0. The lowest BCUT2D eigenvalue weighted by Gasteiger charge is -2.60. The van der Waals surface area contributed by atoms with E-state index in [1.54, 1.807) is 0 Å². The third-order valence-electron chi connectivity index (χ3n) is 8.10. The van der Waals surface area contributed by atoms with Gasteiger partial charge in [0.15, 0.2) is 0 Å². The molecule has 3 heteroatoms. The molecule has 0 aromatic rings. The first-order valence-corrected chi connectivity index (χ1v) is 9.52. The Kier molecular flexibility index (Phi) is 5.21. The van der Waals surface area contributed by atoms with Crippen LogP contribution in [-0.2, 0) is 4.79 Å². The molecule has 3 aliphatic rings. The van der Waals surface area contributed by atoms with Crippen molar-refractivity contribution in [1.82, 2.24) is 6.15 Å². The summed E-state index contributed by atoms with van der Waals surface area (Å²) in [6.07, 6.45) is 9.77. The number of hydrogen-bond donors (Lipinski definition) is 2. The van der Waals surface area contributed by atoms with Crippen molar-refractivity contribution >= 4 is 5.97 Å². The third kappa shape index (κ3) is 2.83. The summed E-state index contributed by atoms with van der Waals surface area (Å²) in [4.78, 5) is 12.0. The van der Waals surface area contributed by atoms with Crippen LogP contribution in [0.15, 0.2) is 0 Å².